The molecule has 5 nitrogen and oxygen atoms in total. The van der Waals surface area contributed by atoms with Gasteiger partial charge in [0.1, 0.15) is 19.8 Å². The number of carbonyl (C=O) groups is 1. The highest BCUT2D eigenvalue weighted by Crippen LogP contribution is 2.40. The average Bonchev–Trinajstić information content (AvgIpc) is 2.76. The van der Waals surface area contributed by atoms with Gasteiger partial charge in [-0.15, -0.1) is 0 Å². The molecule has 0 heterocycles. The van der Waals surface area contributed by atoms with Gasteiger partial charge in [-0.3, -0.25) is 0 Å². The van der Waals surface area contributed by atoms with Crippen molar-refractivity contribution in [3.05, 3.63) is 102 Å². The summed E-state index contributed by atoms with van der Waals surface area (Å²) in [5.74, 6) is -0.117. The minimum atomic E-state index is -1.07. The Morgan fingerprint density at radius 2 is 1.31 bits per heavy atom. The van der Waals surface area contributed by atoms with Crippen molar-refractivity contribution in [2.45, 2.75) is 13.2 Å². The Balaban J connectivity index is 1.91. The summed E-state index contributed by atoms with van der Waals surface area (Å²) >= 11 is 0. The van der Waals surface area contributed by atoms with Crippen molar-refractivity contribution in [1.82, 2.24) is 0 Å². The Labute approximate surface area is 169 Å². The monoisotopic (exact) mass is 390 g/mol. The van der Waals surface area contributed by atoms with Crippen LogP contribution in [0.3, 0.4) is 0 Å². The first-order valence-electron chi connectivity index (χ1n) is 9.16. The van der Waals surface area contributed by atoms with Gasteiger partial charge in [-0.2, -0.15) is 0 Å². The number of rotatable bonds is 10. The Kier molecular flexibility index (Phi) is 6.90. The van der Waals surface area contributed by atoms with E-state index < -0.39 is 5.97 Å². The van der Waals surface area contributed by atoms with E-state index in [2.05, 4.69) is 6.58 Å². The van der Waals surface area contributed by atoms with Crippen LogP contribution in [0, 0.1) is 0 Å². The summed E-state index contributed by atoms with van der Waals surface area (Å²) in [6, 6.07) is 22.1. The average molecular weight is 390 g/mol. The molecule has 3 rings (SSSR count). The lowest BCUT2D eigenvalue weighted by atomic mass is 10.1. The maximum atomic E-state index is 11.6. The van der Waals surface area contributed by atoms with Crippen LogP contribution in [0.25, 0.3) is 0 Å². The molecule has 0 fully saturated rings. The Morgan fingerprint density at radius 1 is 0.828 bits per heavy atom. The van der Waals surface area contributed by atoms with E-state index in [0.717, 1.165) is 11.1 Å². The molecule has 0 bridgehead atoms. The summed E-state index contributed by atoms with van der Waals surface area (Å²) in [5.41, 5.74) is 1.96. The lowest BCUT2D eigenvalue weighted by Gasteiger charge is -2.17. The minimum absolute atomic E-state index is 0.0575. The van der Waals surface area contributed by atoms with E-state index in [-0.39, 0.29) is 25.4 Å². The van der Waals surface area contributed by atoms with E-state index in [0.29, 0.717) is 17.2 Å². The summed E-state index contributed by atoms with van der Waals surface area (Å²) in [5, 5.41) is 9.50. The van der Waals surface area contributed by atoms with Crippen LogP contribution >= 0.6 is 0 Å². The highest BCUT2D eigenvalue weighted by atomic mass is 16.5. The fourth-order valence-corrected chi connectivity index (χ4v) is 2.67. The predicted octanol–water partition coefficient (Wildman–Crippen LogP) is 5.11. The van der Waals surface area contributed by atoms with Gasteiger partial charge in [0.05, 0.1) is 5.56 Å². The van der Waals surface area contributed by atoms with E-state index in [1.54, 1.807) is 6.08 Å². The molecular weight excluding hydrogens is 368 g/mol. The third kappa shape index (κ3) is 5.62. The van der Waals surface area contributed by atoms with Crippen molar-refractivity contribution >= 4 is 5.97 Å². The zero-order valence-electron chi connectivity index (χ0n) is 15.9. The van der Waals surface area contributed by atoms with E-state index in [4.69, 9.17) is 14.2 Å². The molecule has 0 radical (unpaired) electrons. The topological polar surface area (TPSA) is 65.0 Å². The second kappa shape index (κ2) is 9.99. The van der Waals surface area contributed by atoms with Crippen molar-refractivity contribution in [3.8, 4) is 17.2 Å². The Hall–Kier alpha value is -3.73. The fraction of sp³-hybridized carbons (Fsp3) is 0.125. The van der Waals surface area contributed by atoms with Gasteiger partial charge in [0.2, 0.25) is 5.75 Å². The minimum Gasteiger partial charge on any atom is -0.485 e. The van der Waals surface area contributed by atoms with Crippen LogP contribution in [0.1, 0.15) is 21.5 Å². The van der Waals surface area contributed by atoms with Crippen molar-refractivity contribution < 1.29 is 24.1 Å². The summed E-state index contributed by atoms with van der Waals surface area (Å²) in [7, 11) is 0. The summed E-state index contributed by atoms with van der Waals surface area (Å²) < 4.78 is 17.6. The second-order valence-electron chi connectivity index (χ2n) is 6.26. The van der Waals surface area contributed by atoms with Crippen LogP contribution in [-0.4, -0.2) is 17.7 Å². The van der Waals surface area contributed by atoms with Crippen LogP contribution in [-0.2, 0) is 13.2 Å². The molecule has 148 valence electrons. The first-order chi connectivity index (χ1) is 14.2. The molecule has 0 unspecified atom stereocenters. The Bertz CT molecular complexity index is 887. The molecule has 0 amide bonds. The van der Waals surface area contributed by atoms with E-state index >= 15 is 0 Å². The van der Waals surface area contributed by atoms with Crippen LogP contribution in [0.15, 0.2) is 85.5 Å². The van der Waals surface area contributed by atoms with Crippen molar-refractivity contribution in [3.63, 3.8) is 0 Å². The Morgan fingerprint density at radius 3 is 1.72 bits per heavy atom. The lowest BCUT2D eigenvalue weighted by Crippen LogP contribution is -2.06. The first kappa shape index (κ1) is 20.0. The van der Waals surface area contributed by atoms with Gasteiger partial charge >= 0.3 is 5.97 Å². The quantitative estimate of drug-likeness (QED) is 0.488. The summed E-state index contributed by atoms with van der Waals surface area (Å²) in [6.45, 7) is 4.44. The molecule has 0 aliphatic carbocycles. The third-order valence-corrected chi connectivity index (χ3v) is 4.09. The van der Waals surface area contributed by atoms with Crippen LogP contribution in [0.4, 0.5) is 0 Å². The van der Waals surface area contributed by atoms with Crippen LogP contribution in [0.5, 0.6) is 17.2 Å². The van der Waals surface area contributed by atoms with Gasteiger partial charge < -0.3 is 19.3 Å². The van der Waals surface area contributed by atoms with Gasteiger partial charge in [-0.05, 0) is 23.3 Å². The number of carboxylic acids is 1. The van der Waals surface area contributed by atoms with E-state index in [1.165, 1.54) is 12.1 Å². The van der Waals surface area contributed by atoms with Crippen molar-refractivity contribution in [1.29, 1.82) is 0 Å². The summed E-state index contributed by atoms with van der Waals surface area (Å²) in [6.07, 6.45) is 1.60. The second-order valence-corrected chi connectivity index (χ2v) is 6.26. The van der Waals surface area contributed by atoms with Gasteiger partial charge in [0, 0.05) is 0 Å². The molecule has 1 N–H and O–H groups in total. The molecule has 3 aromatic rings. The number of aromatic carboxylic acids is 1. The standard InChI is InChI=1S/C24H22O5/c1-2-13-27-23-21(28-16-18-9-5-3-6-10-18)14-20(24(25)26)15-22(23)29-17-19-11-7-4-8-12-19/h2-12,14-15H,1,13,16-17H2,(H,25,26). The van der Waals surface area contributed by atoms with Gasteiger partial charge in [0.15, 0.2) is 11.5 Å². The highest BCUT2D eigenvalue weighted by Gasteiger charge is 2.18. The third-order valence-electron chi connectivity index (χ3n) is 4.09. The smallest absolute Gasteiger partial charge is 0.335 e. The predicted molar refractivity (Wildman–Crippen MR) is 111 cm³/mol. The normalized spacial score (nSPS) is 10.2. The number of hydrogen-bond donors (Lipinski definition) is 1. The largest absolute Gasteiger partial charge is 0.485 e. The molecule has 3 aromatic carbocycles. The maximum absolute atomic E-state index is 11.6. The summed E-state index contributed by atoms with van der Waals surface area (Å²) in [4.78, 5) is 11.6. The van der Waals surface area contributed by atoms with Gasteiger partial charge in [0.25, 0.3) is 0 Å². The molecule has 5 heteroatoms. The van der Waals surface area contributed by atoms with Gasteiger partial charge in [-0.25, -0.2) is 4.79 Å². The molecule has 0 spiro atoms. The fourth-order valence-electron chi connectivity index (χ4n) is 2.67. The van der Waals surface area contributed by atoms with Crippen LogP contribution in [0.2, 0.25) is 0 Å². The lowest BCUT2D eigenvalue weighted by molar-refractivity contribution is 0.0695. The highest BCUT2D eigenvalue weighted by molar-refractivity contribution is 5.89. The van der Waals surface area contributed by atoms with E-state index in [9.17, 15) is 9.90 Å². The zero-order valence-corrected chi connectivity index (χ0v) is 15.9. The molecule has 29 heavy (non-hydrogen) atoms. The maximum Gasteiger partial charge on any atom is 0.335 e. The molecule has 0 aliphatic heterocycles. The number of carboxylic acid groups (broad SMARTS) is 1. The molecule has 0 aliphatic rings. The zero-order chi connectivity index (χ0) is 20.5. The molecule has 0 atom stereocenters. The van der Waals surface area contributed by atoms with Crippen molar-refractivity contribution in [2.24, 2.45) is 0 Å². The van der Waals surface area contributed by atoms with Gasteiger partial charge in [-0.1, -0.05) is 73.3 Å². The molecule has 0 saturated heterocycles. The molecule has 0 aromatic heterocycles. The van der Waals surface area contributed by atoms with Crippen molar-refractivity contribution in [2.75, 3.05) is 6.61 Å². The number of benzene rings is 3. The number of ether oxygens (including phenoxy) is 3. The SMILES string of the molecule is C=CCOc1c(OCc2ccccc2)cc(C(=O)O)cc1OCc1ccccc1. The number of hydrogen-bond acceptors (Lipinski definition) is 4. The molecule has 0 saturated carbocycles. The molecular formula is C24H22O5. The van der Waals surface area contributed by atoms with E-state index in [1.807, 2.05) is 60.7 Å². The van der Waals surface area contributed by atoms with Crippen LogP contribution < -0.4 is 14.2 Å². The first-order valence-corrected chi connectivity index (χ1v) is 9.16.